The SMILES string of the molecule is NC(CNCc1cc(F)ccc1F)=NO. The zero-order valence-corrected chi connectivity index (χ0v) is 7.87. The summed E-state index contributed by atoms with van der Waals surface area (Å²) in [5.74, 6) is -1.02. The Morgan fingerprint density at radius 1 is 1.47 bits per heavy atom. The zero-order chi connectivity index (χ0) is 11.3. The maximum atomic E-state index is 13.1. The van der Waals surface area contributed by atoms with Crippen LogP contribution < -0.4 is 11.1 Å². The highest BCUT2D eigenvalue weighted by molar-refractivity contribution is 5.81. The predicted molar refractivity (Wildman–Crippen MR) is 51.5 cm³/mol. The third-order valence-corrected chi connectivity index (χ3v) is 1.76. The summed E-state index contributed by atoms with van der Waals surface area (Å²) in [4.78, 5) is 0. The van der Waals surface area contributed by atoms with Crippen LogP contribution in [0.2, 0.25) is 0 Å². The molecule has 0 saturated heterocycles. The number of nitrogens with one attached hydrogen (secondary N) is 1. The van der Waals surface area contributed by atoms with E-state index in [1.807, 2.05) is 0 Å². The Morgan fingerprint density at radius 2 is 2.20 bits per heavy atom. The molecule has 0 radical (unpaired) electrons. The standard InChI is InChI=1S/C9H11F2N3O/c10-7-1-2-8(11)6(3-7)4-13-5-9(12)14-15/h1-3,13,15H,4-5H2,(H2,12,14). The minimum atomic E-state index is -0.503. The fourth-order valence-corrected chi connectivity index (χ4v) is 1.04. The zero-order valence-electron chi connectivity index (χ0n) is 7.87. The molecule has 1 aromatic rings. The summed E-state index contributed by atoms with van der Waals surface area (Å²) in [6, 6.07) is 3.19. The molecule has 0 atom stereocenters. The van der Waals surface area contributed by atoms with Gasteiger partial charge in [0.1, 0.15) is 11.6 Å². The molecule has 0 saturated carbocycles. The van der Waals surface area contributed by atoms with E-state index in [2.05, 4.69) is 10.5 Å². The summed E-state index contributed by atoms with van der Waals surface area (Å²) in [5, 5.41) is 13.6. The lowest BCUT2D eigenvalue weighted by Crippen LogP contribution is -2.28. The van der Waals surface area contributed by atoms with E-state index in [1.54, 1.807) is 0 Å². The van der Waals surface area contributed by atoms with Crippen LogP contribution in [-0.2, 0) is 6.54 Å². The lowest BCUT2D eigenvalue weighted by atomic mass is 10.2. The molecule has 82 valence electrons. The van der Waals surface area contributed by atoms with Crippen LogP contribution in [0.25, 0.3) is 0 Å². The number of oxime groups is 1. The molecule has 0 unspecified atom stereocenters. The van der Waals surface area contributed by atoms with E-state index in [9.17, 15) is 8.78 Å². The van der Waals surface area contributed by atoms with E-state index in [0.717, 1.165) is 18.2 Å². The smallest absolute Gasteiger partial charge is 0.153 e. The van der Waals surface area contributed by atoms with Gasteiger partial charge in [0.25, 0.3) is 0 Å². The number of hydrogen-bond acceptors (Lipinski definition) is 3. The highest BCUT2D eigenvalue weighted by Gasteiger charge is 2.03. The quantitative estimate of drug-likeness (QED) is 0.301. The molecule has 0 aliphatic rings. The monoisotopic (exact) mass is 215 g/mol. The number of benzene rings is 1. The molecule has 4 N–H and O–H groups in total. The van der Waals surface area contributed by atoms with Crippen molar-refractivity contribution >= 4 is 5.84 Å². The first kappa shape index (κ1) is 11.4. The normalized spacial score (nSPS) is 11.7. The third-order valence-electron chi connectivity index (χ3n) is 1.76. The molecular weight excluding hydrogens is 204 g/mol. The molecular formula is C9H11F2N3O. The van der Waals surface area contributed by atoms with Gasteiger partial charge in [0, 0.05) is 12.1 Å². The molecule has 0 amide bonds. The average molecular weight is 215 g/mol. The summed E-state index contributed by atoms with van der Waals surface area (Å²) in [5.41, 5.74) is 5.37. The summed E-state index contributed by atoms with van der Waals surface area (Å²) in [7, 11) is 0. The van der Waals surface area contributed by atoms with Crippen LogP contribution in [0.1, 0.15) is 5.56 Å². The molecule has 0 heterocycles. The second-order valence-corrected chi connectivity index (χ2v) is 2.93. The van der Waals surface area contributed by atoms with Crippen molar-refractivity contribution in [3.8, 4) is 0 Å². The van der Waals surface area contributed by atoms with Gasteiger partial charge >= 0.3 is 0 Å². The van der Waals surface area contributed by atoms with Crippen molar-refractivity contribution in [3.05, 3.63) is 35.4 Å². The molecule has 15 heavy (non-hydrogen) atoms. The van der Waals surface area contributed by atoms with Gasteiger partial charge in [-0.1, -0.05) is 5.16 Å². The number of rotatable bonds is 4. The van der Waals surface area contributed by atoms with Gasteiger partial charge in [-0.2, -0.15) is 0 Å². The molecule has 0 aliphatic heterocycles. The molecule has 0 bridgehead atoms. The highest BCUT2D eigenvalue weighted by atomic mass is 19.1. The van der Waals surface area contributed by atoms with Crippen molar-refractivity contribution in [3.63, 3.8) is 0 Å². The lowest BCUT2D eigenvalue weighted by Gasteiger charge is -2.04. The molecule has 0 aromatic heterocycles. The van der Waals surface area contributed by atoms with Crippen LogP contribution in [0.3, 0.4) is 0 Å². The van der Waals surface area contributed by atoms with Crippen LogP contribution >= 0.6 is 0 Å². The maximum Gasteiger partial charge on any atom is 0.153 e. The van der Waals surface area contributed by atoms with Gasteiger partial charge in [-0.05, 0) is 18.2 Å². The number of nitrogens with two attached hydrogens (primary N) is 1. The van der Waals surface area contributed by atoms with Crippen molar-refractivity contribution in [2.75, 3.05) is 6.54 Å². The Bertz CT molecular complexity index is 368. The number of nitrogens with zero attached hydrogens (tertiary/aromatic N) is 1. The number of hydrogen-bond donors (Lipinski definition) is 3. The van der Waals surface area contributed by atoms with Crippen molar-refractivity contribution in [2.24, 2.45) is 10.9 Å². The first-order valence-corrected chi connectivity index (χ1v) is 4.24. The van der Waals surface area contributed by atoms with Crippen molar-refractivity contribution in [1.29, 1.82) is 0 Å². The van der Waals surface area contributed by atoms with Crippen molar-refractivity contribution in [2.45, 2.75) is 6.54 Å². The molecule has 4 nitrogen and oxygen atoms in total. The number of amidine groups is 1. The fraction of sp³-hybridized carbons (Fsp3) is 0.222. The third kappa shape index (κ3) is 3.51. The Labute approximate surface area is 85.4 Å². The molecule has 6 heteroatoms. The fourth-order valence-electron chi connectivity index (χ4n) is 1.04. The summed E-state index contributed by atoms with van der Waals surface area (Å²) >= 11 is 0. The van der Waals surface area contributed by atoms with Crippen molar-refractivity contribution < 1.29 is 14.0 Å². The topological polar surface area (TPSA) is 70.6 Å². The maximum absolute atomic E-state index is 13.1. The second kappa shape index (κ2) is 5.26. The predicted octanol–water partition coefficient (Wildman–Crippen LogP) is 0.801. The van der Waals surface area contributed by atoms with Crippen LogP contribution in [0.4, 0.5) is 8.78 Å². The first-order chi connectivity index (χ1) is 7.13. The summed E-state index contributed by atoms with van der Waals surface area (Å²) < 4.78 is 25.8. The van der Waals surface area contributed by atoms with Crippen LogP contribution in [0, 0.1) is 11.6 Å². The van der Waals surface area contributed by atoms with Gasteiger partial charge in [-0.25, -0.2) is 8.78 Å². The second-order valence-electron chi connectivity index (χ2n) is 2.93. The largest absolute Gasteiger partial charge is 0.409 e. The van der Waals surface area contributed by atoms with Gasteiger partial charge in [0.2, 0.25) is 0 Å². The molecule has 1 aromatic carbocycles. The Kier molecular flexibility index (Phi) is 3.99. The average Bonchev–Trinajstić information content (AvgIpc) is 2.23. The van der Waals surface area contributed by atoms with E-state index in [0.29, 0.717) is 0 Å². The lowest BCUT2D eigenvalue weighted by molar-refractivity contribution is 0.317. The van der Waals surface area contributed by atoms with Crippen LogP contribution in [-0.4, -0.2) is 17.6 Å². The summed E-state index contributed by atoms with van der Waals surface area (Å²) in [6.07, 6.45) is 0. The Balaban J connectivity index is 2.54. The molecule has 0 aliphatic carbocycles. The van der Waals surface area contributed by atoms with E-state index in [1.165, 1.54) is 0 Å². The van der Waals surface area contributed by atoms with Gasteiger partial charge in [0.05, 0.1) is 6.54 Å². The minimum Gasteiger partial charge on any atom is -0.409 e. The van der Waals surface area contributed by atoms with Gasteiger partial charge < -0.3 is 16.3 Å². The first-order valence-electron chi connectivity index (χ1n) is 4.24. The Hall–Kier alpha value is -1.69. The van der Waals surface area contributed by atoms with Gasteiger partial charge in [-0.3, -0.25) is 0 Å². The summed E-state index contributed by atoms with van der Waals surface area (Å²) in [6.45, 7) is 0.215. The van der Waals surface area contributed by atoms with Gasteiger partial charge in [-0.15, -0.1) is 0 Å². The van der Waals surface area contributed by atoms with Crippen LogP contribution in [0.5, 0.6) is 0 Å². The van der Waals surface area contributed by atoms with E-state index >= 15 is 0 Å². The van der Waals surface area contributed by atoms with Gasteiger partial charge in [0.15, 0.2) is 5.84 Å². The van der Waals surface area contributed by atoms with E-state index in [-0.39, 0.29) is 24.5 Å². The molecule has 0 fully saturated rings. The number of halogens is 2. The van der Waals surface area contributed by atoms with E-state index in [4.69, 9.17) is 10.9 Å². The molecule has 0 spiro atoms. The Morgan fingerprint density at radius 3 is 2.87 bits per heavy atom. The van der Waals surface area contributed by atoms with E-state index < -0.39 is 11.6 Å². The molecule has 1 rings (SSSR count). The highest BCUT2D eigenvalue weighted by Crippen LogP contribution is 2.08. The minimum absolute atomic E-state index is 0.0215. The van der Waals surface area contributed by atoms with Crippen molar-refractivity contribution in [1.82, 2.24) is 5.32 Å². The van der Waals surface area contributed by atoms with Crippen LogP contribution in [0.15, 0.2) is 23.4 Å².